The van der Waals surface area contributed by atoms with Crippen LogP contribution < -0.4 is 14.8 Å². The minimum atomic E-state index is -4.57. The third-order valence-corrected chi connectivity index (χ3v) is 4.09. The summed E-state index contributed by atoms with van der Waals surface area (Å²) in [6.07, 6.45) is -3.26. The van der Waals surface area contributed by atoms with Gasteiger partial charge in [0.1, 0.15) is 11.4 Å². The third kappa shape index (κ3) is 5.75. The molecule has 3 amide bonds. The lowest BCUT2D eigenvalue weighted by Crippen LogP contribution is -2.36. The molecular weight excluding hydrogens is 411 g/mol. The molecule has 150 valence electrons. The Balaban J connectivity index is 1.52. The van der Waals surface area contributed by atoms with Crippen LogP contribution in [-0.2, 0) is 6.18 Å². The monoisotopic (exact) mass is 423 g/mol. The Hall–Kier alpha value is -3.47. The molecule has 0 saturated carbocycles. The number of pyridine rings is 1. The zero-order valence-corrected chi connectivity index (χ0v) is 15.2. The van der Waals surface area contributed by atoms with Crippen LogP contribution in [0.3, 0.4) is 0 Å². The number of carbonyl (C=O) groups excluding carboxylic acids is 2. The summed E-state index contributed by atoms with van der Waals surface area (Å²) in [5, 5.41) is 2.09. The van der Waals surface area contributed by atoms with Crippen molar-refractivity contribution in [1.82, 2.24) is 15.0 Å². The molecule has 11 heteroatoms. The average molecular weight is 423 g/mol. The number of rotatable bonds is 5. The van der Waals surface area contributed by atoms with Crippen LogP contribution in [0, 0.1) is 0 Å². The third-order valence-electron chi connectivity index (χ3n) is 3.29. The maximum absolute atomic E-state index is 12.7. The smallest absolute Gasteiger partial charge is 0.433 e. The summed E-state index contributed by atoms with van der Waals surface area (Å²) in [6, 6.07) is 11.7. The van der Waals surface area contributed by atoms with E-state index in [1.165, 1.54) is 42.7 Å². The van der Waals surface area contributed by atoms with Crippen LogP contribution in [-0.4, -0.2) is 16.9 Å². The molecule has 3 aromatic rings. The standard InChI is InChI=1S/C18H12F3N3O4S/c19-18(20,21)14-4-1-5-15(22-14)28-11-6-8-12(9-7-11)29-24-17(26)23-16(25)13-3-2-10-27-13/h1-10H,(H2,23,24,25,26). The van der Waals surface area contributed by atoms with E-state index in [1.807, 2.05) is 0 Å². The fourth-order valence-corrected chi connectivity index (χ4v) is 2.56. The number of alkyl halides is 3. The molecule has 2 heterocycles. The number of nitrogens with zero attached hydrogens (tertiary/aromatic N) is 1. The van der Waals surface area contributed by atoms with Crippen molar-refractivity contribution in [2.75, 3.05) is 0 Å². The second-order valence-corrected chi connectivity index (χ2v) is 6.28. The molecule has 0 fully saturated rings. The van der Waals surface area contributed by atoms with Crippen molar-refractivity contribution in [1.29, 1.82) is 0 Å². The molecule has 2 N–H and O–H groups in total. The second-order valence-electron chi connectivity index (χ2n) is 5.40. The fourth-order valence-electron chi connectivity index (χ4n) is 2.03. The molecule has 0 atom stereocenters. The van der Waals surface area contributed by atoms with Crippen molar-refractivity contribution in [3.63, 3.8) is 0 Å². The van der Waals surface area contributed by atoms with Gasteiger partial charge in [0.25, 0.3) is 5.91 Å². The zero-order chi connectivity index (χ0) is 20.9. The first-order valence-electron chi connectivity index (χ1n) is 7.95. The first-order chi connectivity index (χ1) is 13.8. The largest absolute Gasteiger partial charge is 0.459 e. The van der Waals surface area contributed by atoms with Crippen LogP contribution in [0.4, 0.5) is 18.0 Å². The predicted octanol–water partition coefficient (Wildman–Crippen LogP) is 4.63. The number of imide groups is 1. The van der Waals surface area contributed by atoms with E-state index in [0.717, 1.165) is 18.0 Å². The summed E-state index contributed by atoms with van der Waals surface area (Å²) >= 11 is 0.924. The van der Waals surface area contributed by atoms with Gasteiger partial charge in [-0.05, 0) is 54.4 Å². The van der Waals surface area contributed by atoms with Gasteiger partial charge < -0.3 is 9.15 Å². The molecule has 0 aliphatic rings. The van der Waals surface area contributed by atoms with Crippen LogP contribution in [0.15, 0.2) is 70.2 Å². The van der Waals surface area contributed by atoms with E-state index in [9.17, 15) is 22.8 Å². The van der Waals surface area contributed by atoms with Crippen molar-refractivity contribution in [2.45, 2.75) is 11.1 Å². The lowest BCUT2D eigenvalue weighted by atomic mass is 10.3. The maximum atomic E-state index is 12.7. The quantitative estimate of drug-likeness (QED) is 0.581. The van der Waals surface area contributed by atoms with Gasteiger partial charge in [0, 0.05) is 11.0 Å². The number of hydrogen-bond acceptors (Lipinski definition) is 6. The number of carbonyl (C=O) groups is 2. The van der Waals surface area contributed by atoms with Crippen LogP contribution in [0.25, 0.3) is 0 Å². The molecular formula is C18H12F3N3O4S. The number of hydrogen-bond donors (Lipinski definition) is 2. The van der Waals surface area contributed by atoms with Crippen LogP contribution in [0.5, 0.6) is 11.6 Å². The Labute approximate surface area is 166 Å². The molecule has 0 bridgehead atoms. The highest BCUT2D eigenvalue weighted by Crippen LogP contribution is 2.30. The summed E-state index contributed by atoms with van der Waals surface area (Å²) < 4.78 is 50.6. The first kappa shape index (κ1) is 20.3. The summed E-state index contributed by atoms with van der Waals surface area (Å²) in [7, 11) is 0. The van der Waals surface area contributed by atoms with Gasteiger partial charge in [-0.3, -0.25) is 14.8 Å². The minimum absolute atomic E-state index is 0.00477. The van der Waals surface area contributed by atoms with Crippen LogP contribution in [0.2, 0.25) is 0 Å². The van der Waals surface area contributed by atoms with Crippen molar-refractivity contribution in [2.24, 2.45) is 0 Å². The lowest BCUT2D eigenvalue weighted by molar-refractivity contribution is -0.141. The number of halogens is 3. The topological polar surface area (TPSA) is 93.5 Å². The van der Waals surface area contributed by atoms with E-state index in [-0.39, 0.29) is 17.4 Å². The first-order valence-corrected chi connectivity index (χ1v) is 8.77. The summed E-state index contributed by atoms with van der Waals surface area (Å²) in [6.45, 7) is 0. The van der Waals surface area contributed by atoms with Crippen molar-refractivity contribution in [3.8, 4) is 11.6 Å². The molecule has 29 heavy (non-hydrogen) atoms. The number of urea groups is 1. The van der Waals surface area contributed by atoms with Gasteiger partial charge >= 0.3 is 12.2 Å². The van der Waals surface area contributed by atoms with Crippen molar-refractivity contribution in [3.05, 3.63) is 72.3 Å². The van der Waals surface area contributed by atoms with E-state index in [4.69, 9.17) is 9.15 Å². The van der Waals surface area contributed by atoms with Crippen LogP contribution >= 0.6 is 11.9 Å². The molecule has 1 aromatic carbocycles. The number of furan rings is 1. The molecule has 0 aliphatic heterocycles. The van der Waals surface area contributed by atoms with Crippen molar-refractivity contribution < 1.29 is 31.9 Å². The summed E-state index contributed by atoms with van der Waals surface area (Å²) in [5.41, 5.74) is -1.05. The van der Waals surface area contributed by atoms with E-state index in [2.05, 4.69) is 15.0 Å². The number of ether oxygens (including phenoxy) is 1. The Kier molecular flexibility index (Phi) is 6.07. The summed E-state index contributed by atoms with van der Waals surface area (Å²) in [4.78, 5) is 27.4. The molecule has 0 saturated heterocycles. The molecule has 2 aromatic heterocycles. The number of aromatic nitrogens is 1. The molecule has 0 radical (unpaired) electrons. The highest BCUT2D eigenvalue weighted by Gasteiger charge is 2.32. The number of amides is 3. The average Bonchev–Trinajstić information content (AvgIpc) is 3.22. The molecule has 3 rings (SSSR count). The van der Waals surface area contributed by atoms with E-state index >= 15 is 0 Å². The molecule has 7 nitrogen and oxygen atoms in total. The van der Waals surface area contributed by atoms with Gasteiger partial charge in [-0.2, -0.15) is 13.2 Å². The van der Waals surface area contributed by atoms with Gasteiger partial charge in [-0.25, -0.2) is 9.78 Å². The number of benzene rings is 1. The summed E-state index contributed by atoms with van der Waals surface area (Å²) in [5.74, 6) is -0.631. The van der Waals surface area contributed by atoms with Gasteiger partial charge in [0.15, 0.2) is 5.76 Å². The highest BCUT2D eigenvalue weighted by molar-refractivity contribution is 7.98. The lowest BCUT2D eigenvalue weighted by Gasteiger charge is -2.09. The normalized spacial score (nSPS) is 11.0. The molecule has 0 unspecified atom stereocenters. The Morgan fingerprint density at radius 3 is 2.45 bits per heavy atom. The Morgan fingerprint density at radius 1 is 1.03 bits per heavy atom. The van der Waals surface area contributed by atoms with Gasteiger partial charge in [-0.1, -0.05) is 6.07 Å². The van der Waals surface area contributed by atoms with E-state index < -0.39 is 23.8 Å². The Bertz CT molecular complexity index is 992. The predicted molar refractivity (Wildman–Crippen MR) is 96.3 cm³/mol. The maximum Gasteiger partial charge on any atom is 0.433 e. The van der Waals surface area contributed by atoms with E-state index in [0.29, 0.717) is 4.90 Å². The Morgan fingerprint density at radius 2 is 1.79 bits per heavy atom. The zero-order valence-electron chi connectivity index (χ0n) is 14.4. The second kappa shape index (κ2) is 8.69. The van der Waals surface area contributed by atoms with Gasteiger partial charge in [-0.15, -0.1) is 0 Å². The van der Waals surface area contributed by atoms with E-state index in [1.54, 1.807) is 12.1 Å². The number of nitrogens with one attached hydrogen (secondary N) is 2. The van der Waals surface area contributed by atoms with Gasteiger partial charge in [0.2, 0.25) is 5.88 Å². The van der Waals surface area contributed by atoms with Crippen molar-refractivity contribution >= 4 is 23.9 Å². The SMILES string of the molecule is O=C(NSc1ccc(Oc2cccc(C(F)(F)F)n2)cc1)NC(=O)c1ccco1. The fraction of sp³-hybridized carbons (Fsp3) is 0.0556. The minimum Gasteiger partial charge on any atom is -0.459 e. The highest BCUT2D eigenvalue weighted by atomic mass is 32.2. The van der Waals surface area contributed by atoms with Gasteiger partial charge in [0.05, 0.1) is 6.26 Å². The molecule has 0 aliphatic carbocycles. The molecule has 0 spiro atoms. The van der Waals surface area contributed by atoms with Crippen LogP contribution in [0.1, 0.15) is 16.2 Å².